The third-order valence-electron chi connectivity index (χ3n) is 4.02. The van der Waals surface area contributed by atoms with E-state index in [-0.39, 0.29) is 5.54 Å². The van der Waals surface area contributed by atoms with Crippen LogP contribution in [-0.2, 0) is 11.3 Å². The van der Waals surface area contributed by atoms with Crippen LogP contribution in [-0.4, -0.2) is 31.8 Å². The number of nitrogens with zero attached hydrogens (tertiary/aromatic N) is 1. The highest BCUT2D eigenvalue weighted by atomic mass is 16.5. The van der Waals surface area contributed by atoms with E-state index in [1.54, 1.807) is 0 Å². The SMILES string of the molecule is CC(C)CCOCCN1CC(C)(C)NCc2ccccc21. The Morgan fingerprint density at radius 2 is 2.00 bits per heavy atom. The molecule has 0 atom stereocenters. The zero-order valence-corrected chi connectivity index (χ0v) is 14.0. The first-order chi connectivity index (χ1) is 9.98. The summed E-state index contributed by atoms with van der Waals surface area (Å²) in [5.41, 5.74) is 2.85. The quantitative estimate of drug-likeness (QED) is 0.812. The minimum atomic E-state index is 0.122. The maximum Gasteiger partial charge on any atom is 0.0641 e. The zero-order valence-electron chi connectivity index (χ0n) is 14.0. The van der Waals surface area contributed by atoms with E-state index in [9.17, 15) is 0 Å². The molecule has 1 aromatic rings. The lowest BCUT2D eigenvalue weighted by Gasteiger charge is -2.32. The molecule has 1 N–H and O–H groups in total. The number of hydrogen-bond donors (Lipinski definition) is 1. The monoisotopic (exact) mass is 290 g/mol. The normalized spacial score (nSPS) is 17.7. The number of rotatable bonds is 6. The van der Waals surface area contributed by atoms with Crippen molar-refractivity contribution in [2.45, 2.75) is 46.2 Å². The Bertz CT molecular complexity index is 443. The zero-order chi connectivity index (χ0) is 15.3. The van der Waals surface area contributed by atoms with Crippen molar-refractivity contribution < 1.29 is 4.74 Å². The van der Waals surface area contributed by atoms with Crippen molar-refractivity contribution in [2.75, 3.05) is 31.2 Å². The van der Waals surface area contributed by atoms with Crippen LogP contribution in [0.1, 0.15) is 39.7 Å². The number of hydrogen-bond acceptors (Lipinski definition) is 3. The maximum atomic E-state index is 5.81. The summed E-state index contributed by atoms with van der Waals surface area (Å²) in [6.07, 6.45) is 1.14. The van der Waals surface area contributed by atoms with Crippen LogP contribution in [0.5, 0.6) is 0 Å². The predicted molar refractivity (Wildman–Crippen MR) is 89.8 cm³/mol. The number of anilines is 1. The summed E-state index contributed by atoms with van der Waals surface area (Å²) in [5, 5.41) is 3.64. The molecule has 0 radical (unpaired) electrons. The average molecular weight is 290 g/mol. The average Bonchev–Trinajstić information content (AvgIpc) is 2.55. The number of nitrogens with one attached hydrogen (secondary N) is 1. The van der Waals surface area contributed by atoms with Crippen LogP contribution >= 0.6 is 0 Å². The first-order valence-corrected chi connectivity index (χ1v) is 8.13. The third-order valence-corrected chi connectivity index (χ3v) is 4.02. The van der Waals surface area contributed by atoms with E-state index in [0.717, 1.165) is 39.3 Å². The minimum Gasteiger partial charge on any atom is -0.380 e. The lowest BCUT2D eigenvalue weighted by atomic mass is 10.1. The Morgan fingerprint density at radius 1 is 1.24 bits per heavy atom. The van der Waals surface area contributed by atoms with Gasteiger partial charge in [-0.1, -0.05) is 32.0 Å². The molecule has 1 aliphatic heterocycles. The summed E-state index contributed by atoms with van der Waals surface area (Å²) in [4.78, 5) is 2.46. The molecule has 0 saturated heterocycles. The van der Waals surface area contributed by atoms with Crippen LogP contribution in [0, 0.1) is 5.92 Å². The Kier molecular flexibility index (Phi) is 5.65. The highest BCUT2D eigenvalue weighted by Crippen LogP contribution is 2.25. The molecular formula is C18H30N2O. The van der Waals surface area contributed by atoms with Crippen molar-refractivity contribution in [2.24, 2.45) is 5.92 Å². The van der Waals surface area contributed by atoms with Gasteiger partial charge in [0.25, 0.3) is 0 Å². The molecule has 0 saturated carbocycles. The highest BCUT2D eigenvalue weighted by Gasteiger charge is 2.26. The Morgan fingerprint density at radius 3 is 2.76 bits per heavy atom. The summed E-state index contributed by atoms with van der Waals surface area (Å²) < 4.78 is 5.81. The van der Waals surface area contributed by atoms with Crippen molar-refractivity contribution in [1.82, 2.24) is 5.32 Å². The van der Waals surface area contributed by atoms with E-state index < -0.39 is 0 Å². The molecule has 1 aliphatic rings. The molecule has 0 aromatic heterocycles. The van der Waals surface area contributed by atoms with Gasteiger partial charge in [-0.2, -0.15) is 0 Å². The first kappa shape index (κ1) is 16.3. The third kappa shape index (κ3) is 5.01. The minimum absolute atomic E-state index is 0.122. The predicted octanol–water partition coefficient (Wildman–Crippen LogP) is 3.44. The van der Waals surface area contributed by atoms with Crippen LogP contribution in [0.3, 0.4) is 0 Å². The van der Waals surface area contributed by atoms with Crippen molar-refractivity contribution in [3.63, 3.8) is 0 Å². The molecule has 3 heteroatoms. The summed E-state index contributed by atoms with van der Waals surface area (Å²) in [5.74, 6) is 0.715. The molecule has 118 valence electrons. The summed E-state index contributed by atoms with van der Waals surface area (Å²) in [6, 6.07) is 8.70. The number of para-hydroxylation sites is 1. The molecule has 0 aliphatic carbocycles. The van der Waals surface area contributed by atoms with Crippen molar-refractivity contribution >= 4 is 5.69 Å². The van der Waals surface area contributed by atoms with Crippen molar-refractivity contribution in [3.8, 4) is 0 Å². The summed E-state index contributed by atoms with van der Waals surface area (Å²) >= 11 is 0. The smallest absolute Gasteiger partial charge is 0.0641 e. The van der Waals surface area contributed by atoms with E-state index in [0.29, 0.717) is 5.92 Å². The molecule has 2 rings (SSSR count). The molecule has 0 spiro atoms. The molecule has 1 heterocycles. The lowest BCUT2D eigenvalue weighted by Crippen LogP contribution is -2.47. The van der Waals surface area contributed by atoms with E-state index in [2.05, 4.69) is 62.2 Å². The van der Waals surface area contributed by atoms with Gasteiger partial charge in [0.2, 0.25) is 0 Å². The van der Waals surface area contributed by atoms with Gasteiger partial charge in [-0.3, -0.25) is 0 Å². The topological polar surface area (TPSA) is 24.5 Å². The van der Waals surface area contributed by atoms with Gasteiger partial charge >= 0.3 is 0 Å². The fraction of sp³-hybridized carbons (Fsp3) is 0.667. The number of ether oxygens (including phenoxy) is 1. The van der Waals surface area contributed by atoms with Gasteiger partial charge in [0.05, 0.1) is 6.61 Å². The second kappa shape index (κ2) is 7.28. The Hall–Kier alpha value is -1.06. The molecule has 0 unspecified atom stereocenters. The molecule has 0 fully saturated rings. The van der Waals surface area contributed by atoms with Crippen LogP contribution in [0.4, 0.5) is 5.69 Å². The van der Waals surface area contributed by atoms with E-state index >= 15 is 0 Å². The molecule has 21 heavy (non-hydrogen) atoms. The largest absolute Gasteiger partial charge is 0.380 e. The van der Waals surface area contributed by atoms with Gasteiger partial charge < -0.3 is 15.0 Å². The summed E-state index contributed by atoms with van der Waals surface area (Å²) in [6.45, 7) is 13.6. The fourth-order valence-electron chi connectivity index (χ4n) is 2.72. The molecule has 0 amide bonds. The Balaban J connectivity index is 1.95. The van der Waals surface area contributed by atoms with Crippen LogP contribution in [0.25, 0.3) is 0 Å². The van der Waals surface area contributed by atoms with Crippen LogP contribution in [0.15, 0.2) is 24.3 Å². The second-order valence-electron chi connectivity index (χ2n) is 7.08. The standard InChI is InChI=1S/C18H30N2O/c1-15(2)9-11-21-12-10-20-14-18(3,4)19-13-16-7-5-6-8-17(16)20/h5-8,15,19H,9-14H2,1-4H3. The van der Waals surface area contributed by atoms with E-state index in [1.165, 1.54) is 11.3 Å². The fourth-order valence-corrected chi connectivity index (χ4v) is 2.72. The van der Waals surface area contributed by atoms with Crippen molar-refractivity contribution in [1.29, 1.82) is 0 Å². The van der Waals surface area contributed by atoms with Gasteiger partial charge in [0, 0.05) is 37.5 Å². The number of fused-ring (bicyclic) bond motifs is 1. The molecule has 3 nitrogen and oxygen atoms in total. The van der Waals surface area contributed by atoms with Gasteiger partial charge in [0.1, 0.15) is 0 Å². The van der Waals surface area contributed by atoms with Gasteiger partial charge in [-0.05, 0) is 37.8 Å². The molecule has 0 bridgehead atoms. The van der Waals surface area contributed by atoms with E-state index in [4.69, 9.17) is 4.74 Å². The lowest BCUT2D eigenvalue weighted by molar-refractivity contribution is 0.128. The van der Waals surface area contributed by atoms with Crippen LogP contribution < -0.4 is 10.2 Å². The van der Waals surface area contributed by atoms with Crippen molar-refractivity contribution in [3.05, 3.63) is 29.8 Å². The molecule has 1 aromatic carbocycles. The van der Waals surface area contributed by atoms with E-state index in [1.807, 2.05) is 0 Å². The van der Waals surface area contributed by atoms with Gasteiger partial charge in [-0.25, -0.2) is 0 Å². The maximum absolute atomic E-state index is 5.81. The summed E-state index contributed by atoms with van der Waals surface area (Å²) in [7, 11) is 0. The van der Waals surface area contributed by atoms with Crippen LogP contribution in [0.2, 0.25) is 0 Å². The molecular weight excluding hydrogens is 260 g/mol. The first-order valence-electron chi connectivity index (χ1n) is 8.13. The van der Waals surface area contributed by atoms with Gasteiger partial charge in [0.15, 0.2) is 0 Å². The Labute approximate surface area is 129 Å². The number of benzene rings is 1. The van der Waals surface area contributed by atoms with Gasteiger partial charge in [-0.15, -0.1) is 0 Å². The highest BCUT2D eigenvalue weighted by molar-refractivity contribution is 5.55. The second-order valence-corrected chi connectivity index (χ2v) is 7.08.